The van der Waals surface area contributed by atoms with Crippen molar-refractivity contribution >= 4 is 17.7 Å². The Morgan fingerprint density at radius 3 is 2.61 bits per heavy atom. The summed E-state index contributed by atoms with van der Waals surface area (Å²) in [6.45, 7) is 5.63. The summed E-state index contributed by atoms with van der Waals surface area (Å²) in [5, 5.41) is 5.47. The lowest BCUT2D eigenvalue weighted by Gasteiger charge is -2.23. The number of nitrogens with zero attached hydrogens (tertiary/aromatic N) is 1. The molecule has 3 amide bonds. The molecular weight excluding hydrogens is 294 g/mol. The third kappa shape index (κ3) is 4.16. The Labute approximate surface area is 136 Å². The number of imide groups is 1. The maximum absolute atomic E-state index is 12.6. The van der Waals surface area contributed by atoms with E-state index in [2.05, 4.69) is 10.6 Å². The number of nitrogens with one attached hydrogen (secondary N) is 2. The molecule has 2 rings (SSSR count). The van der Waals surface area contributed by atoms with Gasteiger partial charge in [0.1, 0.15) is 0 Å². The molecule has 0 unspecified atom stereocenters. The van der Waals surface area contributed by atoms with Crippen LogP contribution in [0.4, 0.5) is 0 Å². The van der Waals surface area contributed by atoms with Crippen LogP contribution in [0.3, 0.4) is 0 Å². The SMILES string of the molecule is CCN(CC)C(=O)c1ccccc1CN[C@H]1CCC(=O)NC1=O. The number of piperidine rings is 1. The van der Waals surface area contributed by atoms with Crippen molar-refractivity contribution in [2.75, 3.05) is 13.1 Å². The van der Waals surface area contributed by atoms with Crippen LogP contribution in [0.2, 0.25) is 0 Å². The molecule has 0 bridgehead atoms. The Morgan fingerprint density at radius 2 is 1.96 bits per heavy atom. The maximum atomic E-state index is 12.6. The van der Waals surface area contributed by atoms with Gasteiger partial charge in [-0.25, -0.2) is 0 Å². The Morgan fingerprint density at radius 1 is 1.26 bits per heavy atom. The lowest BCUT2D eigenvalue weighted by atomic mass is 10.0. The zero-order chi connectivity index (χ0) is 16.8. The third-order valence-corrected chi connectivity index (χ3v) is 4.08. The molecule has 6 heteroatoms. The van der Waals surface area contributed by atoms with Crippen molar-refractivity contribution in [2.45, 2.75) is 39.3 Å². The minimum Gasteiger partial charge on any atom is -0.339 e. The first-order valence-corrected chi connectivity index (χ1v) is 8.01. The third-order valence-electron chi connectivity index (χ3n) is 4.08. The fourth-order valence-electron chi connectivity index (χ4n) is 2.69. The van der Waals surface area contributed by atoms with Crippen LogP contribution >= 0.6 is 0 Å². The topological polar surface area (TPSA) is 78.5 Å². The molecule has 124 valence electrons. The summed E-state index contributed by atoms with van der Waals surface area (Å²) in [5.74, 6) is -0.533. The lowest BCUT2D eigenvalue weighted by molar-refractivity contribution is -0.134. The molecule has 0 aliphatic carbocycles. The molecule has 0 spiro atoms. The molecule has 23 heavy (non-hydrogen) atoms. The second-order valence-corrected chi connectivity index (χ2v) is 5.52. The number of hydrogen-bond donors (Lipinski definition) is 2. The van der Waals surface area contributed by atoms with E-state index in [1.807, 2.05) is 38.1 Å². The van der Waals surface area contributed by atoms with Gasteiger partial charge in [-0.05, 0) is 31.9 Å². The summed E-state index contributed by atoms with van der Waals surface area (Å²) in [5.41, 5.74) is 1.50. The normalized spacial score (nSPS) is 17.7. The van der Waals surface area contributed by atoms with Gasteiger partial charge in [-0.1, -0.05) is 18.2 Å². The van der Waals surface area contributed by atoms with E-state index in [0.717, 1.165) is 5.56 Å². The van der Waals surface area contributed by atoms with E-state index in [9.17, 15) is 14.4 Å². The zero-order valence-electron chi connectivity index (χ0n) is 13.6. The molecule has 0 radical (unpaired) electrons. The van der Waals surface area contributed by atoms with E-state index in [-0.39, 0.29) is 17.7 Å². The number of carbonyl (C=O) groups excluding carboxylic acids is 3. The van der Waals surface area contributed by atoms with Crippen LogP contribution in [-0.2, 0) is 16.1 Å². The van der Waals surface area contributed by atoms with Gasteiger partial charge < -0.3 is 10.2 Å². The van der Waals surface area contributed by atoms with Gasteiger partial charge in [0.2, 0.25) is 11.8 Å². The quantitative estimate of drug-likeness (QED) is 0.769. The van der Waals surface area contributed by atoms with E-state index < -0.39 is 6.04 Å². The van der Waals surface area contributed by atoms with Gasteiger partial charge in [-0.2, -0.15) is 0 Å². The highest BCUT2D eigenvalue weighted by Crippen LogP contribution is 2.13. The summed E-state index contributed by atoms with van der Waals surface area (Å²) in [6, 6.07) is 7.01. The van der Waals surface area contributed by atoms with E-state index >= 15 is 0 Å². The van der Waals surface area contributed by atoms with Gasteiger partial charge in [0.15, 0.2) is 0 Å². The van der Waals surface area contributed by atoms with Gasteiger partial charge in [-0.15, -0.1) is 0 Å². The first-order chi connectivity index (χ1) is 11.1. The van der Waals surface area contributed by atoms with E-state index in [4.69, 9.17) is 0 Å². The molecule has 2 N–H and O–H groups in total. The highest BCUT2D eigenvalue weighted by Gasteiger charge is 2.26. The van der Waals surface area contributed by atoms with Crippen LogP contribution < -0.4 is 10.6 Å². The van der Waals surface area contributed by atoms with Crippen molar-refractivity contribution in [3.8, 4) is 0 Å². The predicted octanol–water partition coefficient (Wildman–Crippen LogP) is 1.06. The monoisotopic (exact) mass is 317 g/mol. The van der Waals surface area contributed by atoms with Gasteiger partial charge in [0, 0.05) is 31.6 Å². The molecule has 0 aromatic heterocycles. The van der Waals surface area contributed by atoms with Crippen molar-refractivity contribution in [1.82, 2.24) is 15.5 Å². The second-order valence-electron chi connectivity index (χ2n) is 5.52. The smallest absolute Gasteiger partial charge is 0.254 e. The standard InChI is InChI=1S/C17H23N3O3/c1-3-20(4-2)17(23)13-8-6-5-7-12(13)11-18-14-9-10-15(21)19-16(14)22/h5-8,14,18H,3-4,9-11H2,1-2H3,(H,19,21,22)/t14-/m0/s1. The number of carbonyl (C=O) groups is 3. The minimum atomic E-state index is -0.399. The highest BCUT2D eigenvalue weighted by atomic mass is 16.2. The van der Waals surface area contributed by atoms with Crippen molar-refractivity contribution in [3.63, 3.8) is 0 Å². The molecule has 6 nitrogen and oxygen atoms in total. The predicted molar refractivity (Wildman–Crippen MR) is 86.7 cm³/mol. The van der Waals surface area contributed by atoms with E-state index in [1.54, 1.807) is 4.90 Å². The Hall–Kier alpha value is -2.21. The number of rotatable bonds is 6. The molecule has 1 atom stereocenters. The number of hydrogen-bond acceptors (Lipinski definition) is 4. The molecule has 1 fully saturated rings. The summed E-state index contributed by atoms with van der Waals surface area (Å²) < 4.78 is 0. The van der Waals surface area contributed by atoms with Crippen molar-refractivity contribution in [3.05, 3.63) is 35.4 Å². The number of benzene rings is 1. The fraction of sp³-hybridized carbons (Fsp3) is 0.471. The molecule has 1 aromatic rings. The average Bonchev–Trinajstić information content (AvgIpc) is 2.55. The molecule has 0 saturated carbocycles. The fourth-order valence-corrected chi connectivity index (χ4v) is 2.69. The molecule has 1 aliphatic heterocycles. The van der Waals surface area contributed by atoms with Crippen LogP contribution in [0.25, 0.3) is 0 Å². The molecule has 1 saturated heterocycles. The van der Waals surface area contributed by atoms with Gasteiger partial charge in [0.05, 0.1) is 6.04 Å². The van der Waals surface area contributed by atoms with Gasteiger partial charge in [-0.3, -0.25) is 19.7 Å². The van der Waals surface area contributed by atoms with Crippen LogP contribution in [0, 0.1) is 0 Å². The summed E-state index contributed by atoms with van der Waals surface area (Å²) in [4.78, 5) is 37.3. The van der Waals surface area contributed by atoms with Crippen molar-refractivity contribution < 1.29 is 14.4 Å². The summed E-state index contributed by atoms with van der Waals surface area (Å²) >= 11 is 0. The molecular formula is C17H23N3O3. The largest absolute Gasteiger partial charge is 0.339 e. The van der Waals surface area contributed by atoms with Gasteiger partial charge >= 0.3 is 0 Å². The molecule has 1 aliphatic rings. The Balaban J connectivity index is 2.07. The molecule has 1 heterocycles. The van der Waals surface area contributed by atoms with Crippen LogP contribution in [0.5, 0.6) is 0 Å². The van der Waals surface area contributed by atoms with Crippen LogP contribution in [0.1, 0.15) is 42.6 Å². The Bertz CT molecular complexity index is 597. The van der Waals surface area contributed by atoms with Crippen molar-refractivity contribution in [1.29, 1.82) is 0 Å². The second kappa shape index (κ2) is 7.87. The van der Waals surface area contributed by atoms with Crippen molar-refractivity contribution in [2.24, 2.45) is 0 Å². The first kappa shape index (κ1) is 17.1. The minimum absolute atomic E-state index is 0.00401. The van der Waals surface area contributed by atoms with Crippen LogP contribution in [0.15, 0.2) is 24.3 Å². The highest BCUT2D eigenvalue weighted by molar-refractivity contribution is 6.00. The first-order valence-electron chi connectivity index (χ1n) is 8.01. The van der Waals surface area contributed by atoms with Gasteiger partial charge in [0.25, 0.3) is 5.91 Å². The van der Waals surface area contributed by atoms with E-state index in [1.165, 1.54) is 0 Å². The zero-order valence-corrected chi connectivity index (χ0v) is 13.6. The maximum Gasteiger partial charge on any atom is 0.254 e. The summed E-state index contributed by atoms with van der Waals surface area (Å²) in [7, 11) is 0. The summed E-state index contributed by atoms with van der Waals surface area (Å²) in [6.07, 6.45) is 0.820. The number of amides is 3. The van der Waals surface area contributed by atoms with E-state index in [0.29, 0.717) is 38.0 Å². The van der Waals surface area contributed by atoms with Crippen LogP contribution in [-0.4, -0.2) is 41.8 Å². The molecule has 1 aromatic carbocycles. The average molecular weight is 317 g/mol. The Kier molecular flexibility index (Phi) is 5.87. The lowest BCUT2D eigenvalue weighted by Crippen LogP contribution is -2.50.